The van der Waals surface area contributed by atoms with E-state index < -0.39 is 0 Å². The number of amides is 1. The number of rotatable bonds is 4. The van der Waals surface area contributed by atoms with Crippen molar-refractivity contribution in [3.63, 3.8) is 0 Å². The van der Waals surface area contributed by atoms with Gasteiger partial charge in [-0.1, -0.05) is 71.8 Å². The molecule has 0 spiro atoms. The van der Waals surface area contributed by atoms with Gasteiger partial charge >= 0.3 is 0 Å². The van der Waals surface area contributed by atoms with Gasteiger partial charge in [-0.15, -0.1) is 0 Å². The topological polar surface area (TPSA) is 53.5 Å². The van der Waals surface area contributed by atoms with Crippen molar-refractivity contribution in [1.82, 2.24) is 14.8 Å². The lowest BCUT2D eigenvalue weighted by Crippen LogP contribution is -2.56. The number of hydrogen-bond donors (Lipinski definition) is 0. The van der Waals surface area contributed by atoms with Gasteiger partial charge in [0.1, 0.15) is 11.9 Å². The summed E-state index contributed by atoms with van der Waals surface area (Å²) in [5, 5.41) is 0. The average molecular weight is 478 g/mol. The van der Waals surface area contributed by atoms with E-state index in [4.69, 9.17) is 0 Å². The van der Waals surface area contributed by atoms with E-state index in [-0.39, 0.29) is 11.6 Å². The molecule has 2 aliphatic heterocycles. The number of benzene rings is 2. The Morgan fingerprint density at radius 1 is 1.00 bits per heavy atom. The minimum atomic E-state index is -0.334. The molecule has 3 aromatic rings. The van der Waals surface area contributed by atoms with Crippen molar-refractivity contribution < 1.29 is 9.59 Å². The third-order valence-electron chi connectivity index (χ3n) is 7.45. The first-order valence-corrected chi connectivity index (χ1v) is 12.4. The van der Waals surface area contributed by atoms with Crippen molar-refractivity contribution in [2.24, 2.45) is 0 Å². The van der Waals surface area contributed by atoms with Gasteiger partial charge in [0.2, 0.25) is 0 Å². The molecule has 0 radical (unpaired) electrons. The minimum absolute atomic E-state index is 0.159. The zero-order valence-corrected chi connectivity index (χ0v) is 20.9. The lowest BCUT2D eigenvalue weighted by molar-refractivity contribution is -0.105. The quantitative estimate of drug-likeness (QED) is 0.503. The lowest BCUT2D eigenvalue weighted by atomic mass is 9.84. The van der Waals surface area contributed by atoms with Crippen LogP contribution in [0.4, 0.5) is 0 Å². The fraction of sp³-hybridized carbons (Fsp3) is 0.258. The Morgan fingerprint density at radius 3 is 2.53 bits per heavy atom. The highest BCUT2D eigenvalue weighted by molar-refractivity contribution is 5.97. The molecule has 5 nitrogen and oxygen atoms in total. The molecule has 3 aliphatic rings. The second kappa shape index (κ2) is 10.0. The van der Waals surface area contributed by atoms with Crippen LogP contribution in [0.25, 0.3) is 0 Å². The van der Waals surface area contributed by atoms with Gasteiger partial charge in [-0.05, 0) is 61.2 Å². The monoisotopic (exact) mass is 477 g/mol. The van der Waals surface area contributed by atoms with Crippen LogP contribution in [0.2, 0.25) is 0 Å². The molecule has 1 unspecified atom stereocenters. The van der Waals surface area contributed by atoms with Crippen LogP contribution in [0.15, 0.2) is 96.4 Å². The first-order chi connectivity index (χ1) is 17.5. The molecule has 0 N–H and O–H groups in total. The van der Waals surface area contributed by atoms with E-state index in [0.29, 0.717) is 0 Å². The molecule has 1 aromatic heterocycles. The van der Waals surface area contributed by atoms with E-state index in [1.807, 2.05) is 48.7 Å². The first-order valence-electron chi connectivity index (χ1n) is 12.4. The Kier molecular flexibility index (Phi) is 6.66. The SMILES string of the molecule is Cc1ccc(C23Cc4ccccc4C(=O)N2CCN3C)cc1.O=CC1=CC=C(Cc2cccnc2)C1. The normalized spacial score (nSPS) is 20.6. The van der Waals surface area contributed by atoms with Crippen molar-refractivity contribution in [3.05, 3.63) is 124 Å². The fourth-order valence-corrected chi connectivity index (χ4v) is 5.49. The Balaban J connectivity index is 0.000000165. The second-order valence-electron chi connectivity index (χ2n) is 9.79. The maximum Gasteiger partial charge on any atom is 0.255 e. The molecule has 3 heterocycles. The van der Waals surface area contributed by atoms with Crippen molar-refractivity contribution >= 4 is 12.2 Å². The number of carbonyl (C=O) groups is 2. The third kappa shape index (κ3) is 4.42. The molecular weight excluding hydrogens is 446 g/mol. The summed E-state index contributed by atoms with van der Waals surface area (Å²) in [4.78, 5) is 31.9. The number of pyridine rings is 1. The molecule has 1 fully saturated rings. The molecule has 1 saturated heterocycles. The van der Waals surface area contributed by atoms with Crippen LogP contribution in [0.5, 0.6) is 0 Å². The Hall–Kier alpha value is -3.83. The van der Waals surface area contributed by atoms with Gasteiger partial charge < -0.3 is 4.90 Å². The summed E-state index contributed by atoms with van der Waals surface area (Å²) in [5.41, 5.74) is 7.47. The molecule has 1 amide bonds. The third-order valence-corrected chi connectivity index (χ3v) is 7.45. The summed E-state index contributed by atoms with van der Waals surface area (Å²) in [7, 11) is 2.13. The number of likely N-dealkylation sites (N-methyl/N-ethyl adjacent to an activating group) is 1. The summed E-state index contributed by atoms with van der Waals surface area (Å²) >= 11 is 0. The summed E-state index contributed by atoms with van der Waals surface area (Å²) in [6, 6.07) is 20.6. The van der Waals surface area contributed by atoms with Crippen LogP contribution in [0.1, 0.15) is 39.0 Å². The number of carbonyl (C=O) groups excluding carboxylic acids is 2. The molecule has 36 heavy (non-hydrogen) atoms. The molecule has 0 bridgehead atoms. The Bertz CT molecular complexity index is 1330. The van der Waals surface area contributed by atoms with Crippen LogP contribution in [-0.2, 0) is 23.3 Å². The van der Waals surface area contributed by atoms with E-state index in [9.17, 15) is 9.59 Å². The molecule has 6 rings (SSSR count). The fourth-order valence-electron chi connectivity index (χ4n) is 5.49. The highest BCUT2D eigenvalue weighted by atomic mass is 16.2. The average Bonchev–Trinajstić information content (AvgIpc) is 3.50. The van der Waals surface area contributed by atoms with Gasteiger partial charge in [-0.2, -0.15) is 0 Å². The Labute approximate surface area is 212 Å². The van der Waals surface area contributed by atoms with Gasteiger partial charge in [0, 0.05) is 37.5 Å². The maximum absolute atomic E-state index is 13.0. The zero-order chi connectivity index (χ0) is 25.1. The van der Waals surface area contributed by atoms with Gasteiger partial charge in [0.25, 0.3) is 5.91 Å². The minimum Gasteiger partial charge on any atom is -0.314 e. The van der Waals surface area contributed by atoms with E-state index in [0.717, 1.165) is 55.3 Å². The molecular formula is C31H31N3O2. The molecule has 5 heteroatoms. The molecule has 182 valence electrons. The van der Waals surface area contributed by atoms with E-state index in [2.05, 4.69) is 59.1 Å². The highest BCUT2D eigenvalue weighted by Crippen LogP contribution is 2.43. The molecule has 1 aliphatic carbocycles. The number of aryl methyl sites for hydroxylation is 1. The van der Waals surface area contributed by atoms with E-state index >= 15 is 0 Å². The van der Waals surface area contributed by atoms with Gasteiger partial charge in [0.05, 0.1) is 0 Å². The van der Waals surface area contributed by atoms with Crippen LogP contribution in [0.3, 0.4) is 0 Å². The van der Waals surface area contributed by atoms with E-state index in [1.54, 1.807) is 6.20 Å². The van der Waals surface area contributed by atoms with Crippen LogP contribution >= 0.6 is 0 Å². The predicted molar refractivity (Wildman–Crippen MR) is 141 cm³/mol. The number of fused-ring (bicyclic) bond motifs is 2. The maximum atomic E-state index is 13.0. The van der Waals surface area contributed by atoms with Gasteiger partial charge in [0.15, 0.2) is 0 Å². The van der Waals surface area contributed by atoms with Crippen LogP contribution in [-0.4, -0.2) is 47.1 Å². The number of aldehydes is 1. The van der Waals surface area contributed by atoms with Gasteiger partial charge in [-0.3, -0.25) is 19.5 Å². The standard InChI is InChI=1S/C19H20N2O.C12H11NO/c1-14-7-9-16(10-8-14)19-13-15-5-3-4-6-17(15)18(22)21(19)12-11-20(19)2;14-9-12-4-3-10(7-12)6-11-2-1-5-13-8-11/h3-10H,11-13H2,1-2H3;1-5,8-9H,6-7H2. The molecule has 0 saturated carbocycles. The largest absolute Gasteiger partial charge is 0.314 e. The second-order valence-corrected chi connectivity index (χ2v) is 9.79. The molecule has 2 aromatic carbocycles. The predicted octanol–water partition coefficient (Wildman–Crippen LogP) is 4.87. The lowest BCUT2D eigenvalue weighted by Gasteiger charge is -2.46. The van der Waals surface area contributed by atoms with Crippen LogP contribution < -0.4 is 0 Å². The van der Waals surface area contributed by atoms with Crippen molar-refractivity contribution in [2.75, 3.05) is 20.1 Å². The molecule has 1 atom stereocenters. The number of hydrogen-bond acceptors (Lipinski definition) is 4. The highest BCUT2D eigenvalue weighted by Gasteiger charge is 2.52. The number of allylic oxidation sites excluding steroid dienone is 4. The smallest absolute Gasteiger partial charge is 0.255 e. The van der Waals surface area contributed by atoms with Crippen molar-refractivity contribution in [3.8, 4) is 0 Å². The number of nitrogens with zero attached hydrogens (tertiary/aromatic N) is 3. The number of aromatic nitrogens is 1. The summed E-state index contributed by atoms with van der Waals surface area (Å²) in [5.74, 6) is 0.159. The van der Waals surface area contributed by atoms with E-state index in [1.165, 1.54) is 22.3 Å². The van der Waals surface area contributed by atoms with Gasteiger partial charge in [-0.25, -0.2) is 0 Å². The summed E-state index contributed by atoms with van der Waals surface area (Å²) < 4.78 is 0. The summed E-state index contributed by atoms with van der Waals surface area (Å²) in [6.45, 7) is 3.80. The van der Waals surface area contributed by atoms with Crippen molar-refractivity contribution in [2.45, 2.75) is 31.8 Å². The van der Waals surface area contributed by atoms with Crippen LogP contribution in [0, 0.1) is 6.92 Å². The zero-order valence-electron chi connectivity index (χ0n) is 20.9. The Morgan fingerprint density at radius 2 is 1.81 bits per heavy atom. The summed E-state index contributed by atoms with van der Waals surface area (Å²) in [6.07, 6.45) is 11.0. The van der Waals surface area contributed by atoms with Crippen molar-refractivity contribution in [1.29, 1.82) is 0 Å². The first kappa shape index (κ1) is 23.9.